The number of nitrogens with zero attached hydrogens (tertiary/aromatic N) is 2. The van der Waals surface area contributed by atoms with Crippen molar-refractivity contribution >= 4 is 17.3 Å². The van der Waals surface area contributed by atoms with Crippen molar-refractivity contribution in [2.75, 3.05) is 6.61 Å². The molecule has 1 aromatic carbocycles. The lowest BCUT2D eigenvalue weighted by molar-refractivity contribution is -0.384. The molecule has 0 bridgehead atoms. The molecule has 1 aromatic heterocycles. The highest BCUT2D eigenvalue weighted by Crippen LogP contribution is 2.58. The zero-order chi connectivity index (χ0) is 16.3. The molecule has 2 heterocycles. The van der Waals surface area contributed by atoms with Crippen LogP contribution < -0.4 is 5.56 Å². The largest absolute Gasteiger partial charge is 0.394 e. The lowest BCUT2D eigenvalue weighted by Crippen LogP contribution is -2.26. The number of halogens is 1. The minimum absolute atomic E-state index is 0.0647. The van der Waals surface area contributed by atoms with E-state index >= 15 is 0 Å². The van der Waals surface area contributed by atoms with E-state index in [4.69, 9.17) is 11.6 Å². The summed E-state index contributed by atoms with van der Waals surface area (Å²) in [5.41, 5.74) is 1.37. The summed E-state index contributed by atoms with van der Waals surface area (Å²) >= 11 is 5.97. The quantitative estimate of drug-likeness (QED) is 0.691. The second-order valence-corrected chi connectivity index (χ2v) is 6.49. The fourth-order valence-corrected chi connectivity index (χ4v) is 3.86. The Bertz CT molecular complexity index is 892. The van der Waals surface area contributed by atoms with Gasteiger partial charge < -0.3 is 9.67 Å². The van der Waals surface area contributed by atoms with Crippen LogP contribution in [0.4, 0.5) is 5.69 Å². The van der Waals surface area contributed by atoms with E-state index in [0.29, 0.717) is 22.1 Å². The summed E-state index contributed by atoms with van der Waals surface area (Å²) < 4.78 is 1.62. The van der Waals surface area contributed by atoms with E-state index in [-0.39, 0.29) is 29.8 Å². The first-order valence-electron chi connectivity index (χ1n) is 7.33. The highest BCUT2D eigenvalue weighted by Gasteiger charge is 2.52. The molecule has 118 valence electrons. The third-order valence-electron chi connectivity index (χ3n) is 4.80. The maximum Gasteiger partial charge on any atom is 0.277 e. The van der Waals surface area contributed by atoms with Gasteiger partial charge in [0.1, 0.15) is 0 Å². The predicted octanol–water partition coefficient (Wildman–Crippen LogP) is 2.73. The van der Waals surface area contributed by atoms with Gasteiger partial charge >= 0.3 is 0 Å². The first kappa shape index (κ1) is 14.4. The molecule has 0 radical (unpaired) electrons. The Morgan fingerprint density at radius 2 is 2.13 bits per heavy atom. The maximum atomic E-state index is 12.5. The maximum absolute atomic E-state index is 12.5. The van der Waals surface area contributed by atoms with E-state index in [9.17, 15) is 20.0 Å². The lowest BCUT2D eigenvalue weighted by atomic mass is 10.0. The molecule has 2 aromatic rings. The summed E-state index contributed by atoms with van der Waals surface area (Å²) in [6, 6.07) is 7.34. The molecule has 23 heavy (non-hydrogen) atoms. The second-order valence-electron chi connectivity index (χ2n) is 6.05. The van der Waals surface area contributed by atoms with E-state index in [1.807, 2.05) is 6.07 Å². The fraction of sp³-hybridized carbons (Fsp3) is 0.312. The van der Waals surface area contributed by atoms with Crippen molar-refractivity contribution < 1.29 is 10.0 Å². The predicted molar refractivity (Wildman–Crippen MR) is 84.8 cm³/mol. The number of nitro groups is 1. The average molecular weight is 333 g/mol. The van der Waals surface area contributed by atoms with Crippen LogP contribution in [0.15, 0.2) is 35.1 Å². The van der Waals surface area contributed by atoms with Gasteiger partial charge in [-0.25, -0.2) is 0 Å². The molecular formula is C16H13ClN2O4. The van der Waals surface area contributed by atoms with E-state index in [1.54, 1.807) is 4.57 Å². The molecule has 0 amide bonds. The Kier molecular flexibility index (Phi) is 3.08. The lowest BCUT2D eigenvalue weighted by Gasteiger charge is -2.16. The summed E-state index contributed by atoms with van der Waals surface area (Å²) in [6.45, 7) is -0.0647. The van der Waals surface area contributed by atoms with Crippen LogP contribution in [0.1, 0.15) is 24.1 Å². The zero-order valence-electron chi connectivity index (χ0n) is 12.0. The number of rotatable bonds is 3. The molecule has 0 spiro atoms. The molecule has 4 rings (SSSR count). The first-order valence-corrected chi connectivity index (χ1v) is 7.70. The van der Waals surface area contributed by atoms with Crippen molar-refractivity contribution in [2.24, 2.45) is 5.92 Å². The van der Waals surface area contributed by atoms with Gasteiger partial charge in [-0.05, 0) is 36.1 Å². The topological polar surface area (TPSA) is 85.4 Å². The first-order chi connectivity index (χ1) is 11.0. The number of benzene rings is 1. The van der Waals surface area contributed by atoms with Crippen LogP contribution in [0.2, 0.25) is 5.02 Å². The Morgan fingerprint density at radius 1 is 1.35 bits per heavy atom. The summed E-state index contributed by atoms with van der Waals surface area (Å²) in [7, 11) is 0. The van der Waals surface area contributed by atoms with Crippen molar-refractivity contribution in [3.8, 4) is 11.1 Å². The minimum atomic E-state index is -0.479. The van der Waals surface area contributed by atoms with Crippen LogP contribution in [0.5, 0.6) is 0 Å². The van der Waals surface area contributed by atoms with Gasteiger partial charge in [0.05, 0.1) is 23.1 Å². The molecule has 1 N–H and O–H groups in total. The number of nitro benzene ring substituents is 1. The average Bonchev–Trinajstić information content (AvgIpc) is 3.23. The van der Waals surface area contributed by atoms with Gasteiger partial charge in [0.25, 0.3) is 11.2 Å². The SMILES string of the molecule is O=c1cc(-c2cc(Cl)ccc2[N+](=O)[O-])cc2n1[C@H](CO)[C@H]1C[C@@H]21. The standard InChI is InChI=1S/C16H13ClN2O4/c17-9-1-2-13(19(22)23)10(5-9)8-3-14-11-6-12(11)15(7-20)18(14)16(21)4-8/h1-5,11-12,15,20H,6-7H2/t11-,12+,15-/m1/s1. The zero-order valence-corrected chi connectivity index (χ0v) is 12.7. The van der Waals surface area contributed by atoms with Crippen molar-refractivity contribution in [1.29, 1.82) is 0 Å². The molecular weight excluding hydrogens is 320 g/mol. The minimum Gasteiger partial charge on any atom is -0.394 e. The van der Waals surface area contributed by atoms with Gasteiger partial charge in [-0.1, -0.05) is 11.6 Å². The Balaban J connectivity index is 1.92. The van der Waals surface area contributed by atoms with Crippen LogP contribution in [-0.2, 0) is 0 Å². The number of hydrogen-bond donors (Lipinski definition) is 1. The number of aromatic nitrogens is 1. The van der Waals surface area contributed by atoms with Crippen LogP contribution >= 0.6 is 11.6 Å². The molecule has 1 saturated carbocycles. The Morgan fingerprint density at radius 3 is 2.83 bits per heavy atom. The third-order valence-corrected chi connectivity index (χ3v) is 5.03. The van der Waals surface area contributed by atoms with Gasteiger partial charge in [-0.15, -0.1) is 0 Å². The van der Waals surface area contributed by atoms with Crippen LogP contribution in [0, 0.1) is 16.0 Å². The summed E-state index contributed by atoms with van der Waals surface area (Å²) in [5, 5.41) is 21.1. The van der Waals surface area contributed by atoms with Crippen LogP contribution in [0.25, 0.3) is 11.1 Å². The smallest absolute Gasteiger partial charge is 0.277 e. The van der Waals surface area contributed by atoms with Crippen molar-refractivity contribution in [3.63, 3.8) is 0 Å². The monoisotopic (exact) mass is 332 g/mol. The number of fused-ring (bicyclic) bond motifs is 3. The molecule has 3 atom stereocenters. The number of aliphatic hydroxyl groups excluding tert-OH is 1. The Hall–Kier alpha value is -2.18. The highest BCUT2D eigenvalue weighted by atomic mass is 35.5. The van der Waals surface area contributed by atoms with Gasteiger partial charge in [-0.3, -0.25) is 14.9 Å². The number of pyridine rings is 1. The van der Waals surface area contributed by atoms with Crippen molar-refractivity contribution in [3.05, 3.63) is 61.5 Å². The van der Waals surface area contributed by atoms with Gasteiger partial charge in [0, 0.05) is 28.8 Å². The van der Waals surface area contributed by atoms with E-state index in [1.165, 1.54) is 24.3 Å². The van der Waals surface area contributed by atoms with E-state index in [0.717, 1.165) is 12.1 Å². The molecule has 0 saturated heterocycles. The molecule has 1 aliphatic carbocycles. The van der Waals surface area contributed by atoms with Gasteiger partial charge in [0.2, 0.25) is 0 Å². The van der Waals surface area contributed by atoms with Crippen LogP contribution in [0.3, 0.4) is 0 Å². The van der Waals surface area contributed by atoms with Gasteiger partial charge in [0.15, 0.2) is 0 Å². The summed E-state index contributed by atoms with van der Waals surface area (Å²) in [6.07, 6.45) is 0.950. The van der Waals surface area contributed by atoms with Crippen LogP contribution in [-0.4, -0.2) is 21.2 Å². The van der Waals surface area contributed by atoms with Crippen molar-refractivity contribution in [2.45, 2.75) is 18.4 Å². The number of hydrogen-bond acceptors (Lipinski definition) is 4. The van der Waals surface area contributed by atoms with E-state index in [2.05, 4.69) is 0 Å². The normalized spacial score (nSPS) is 24.2. The third kappa shape index (κ3) is 2.09. The molecule has 0 unspecified atom stereocenters. The molecule has 2 aliphatic rings. The molecule has 6 nitrogen and oxygen atoms in total. The number of aliphatic hydroxyl groups is 1. The molecule has 1 fully saturated rings. The molecule has 7 heteroatoms. The fourth-order valence-electron chi connectivity index (χ4n) is 3.68. The summed E-state index contributed by atoms with van der Waals surface area (Å²) in [5.74, 6) is 0.565. The summed E-state index contributed by atoms with van der Waals surface area (Å²) in [4.78, 5) is 23.2. The second kappa shape index (κ2) is 4.91. The van der Waals surface area contributed by atoms with E-state index < -0.39 is 4.92 Å². The Labute approximate surface area is 136 Å². The molecule has 1 aliphatic heterocycles. The van der Waals surface area contributed by atoms with Gasteiger partial charge in [-0.2, -0.15) is 0 Å². The van der Waals surface area contributed by atoms with Crippen molar-refractivity contribution in [1.82, 2.24) is 4.57 Å². The highest BCUT2D eigenvalue weighted by molar-refractivity contribution is 6.31.